The minimum atomic E-state index is -0.339. The predicted octanol–water partition coefficient (Wildman–Crippen LogP) is 3.40. The maximum absolute atomic E-state index is 14.5. The molecule has 3 aromatic rings. The van der Waals surface area contributed by atoms with Crippen LogP contribution in [-0.2, 0) is 17.9 Å². The zero-order valence-corrected chi connectivity index (χ0v) is 18.4. The molecule has 8 heteroatoms. The van der Waals surface area contributed by atoms with Gasteiger partial charge in [0.25, 0.3) is 0 Å². The number of rotatable bonds is 10. The third-order valence-electron chi connectivity index (χ3n) is 4.96. The Kier molecular flexibility index (Phi) is 8.10. The Morgan fingerprint density at radius 1 is 1.12 bits per heavy atom. The van der Waals surface area contributed by atoms with E-state index in [1.807, 2.05) is 37.3 Å². The summed E-state index contributed by atoms with van der Waals surface area (Å²) in [4.78, 5) is 19.4. The summed E-state index contributed by atoms with van der Waals surface area (Å²) in [5, 5.41) is 5.89. The maximum Gasteiger partial charge on any atom is 0.320 e. The lowest BCUT2D eigenvalue weighted by Gasteiger charge is -2.14. The van der Waals surface area contributed by atoms with Gasteiger partial charge in [0, 0.05) is 43.9 Å². The van der Waals surface area contributed by atoms with E-state index in [1.54, 1.807) is 12.3 Å². The second kappa shape index (κ2) is 11.2. The number of ether oxygens (including phenoxy) is 2. The molecule has 0 unspecified atom stereocenters. The highest BCUT2D eigenvalue weighted by molar-refractivity contribution is 5.72. The molecule has 32 heavy (non-hydrogen) atoms. The Morgan fingerprint density at radius 2 is 1.91 bits per heavy atom. The first kappa shape index (κ1) is 23.1. The van der Waals surface area contributed by atoms with Gasteiger partial charge < -0.3 is 20.1 Å². The molecule has 0 aliphatic heterocycles. The molecule has 0 spiro atoms. The first-order chi connectivity index (χ1) is 15.5. The van der Waals surface area contributed by atoms with Crippen molar-refractivity contribution in [2.75, 3.05) is 20.2 Å². The molecule has 3 rings (SSSR count). The Balaban J connectivity index is 1.67. The minimum absolute atomic E-state index is 0.00416. The summed E-state index contributed by atoms with van der Waals surface area (Å²) in [7, 11) is 1.51. The highest BCUT2D eigenvalue weighted by atomic mass is 19.1. The summed E-state index contributed by atoms with van der Waals surface area (Å²) in [6, 6.07) is 13.1. The predicted molar refractivity (Wildman–Crippen MR) is 120 cm³/mol. The van der Waals surface area contributed by atoms with Crippen LogP contribution < -0.4 is 20.1 Å². The largest absolute Gasteiger partial charge is 0.481 e. The van der Waals surface area contributed by atoms with Gasteiger partial charge in [0.15, 0.2) is 0 Å². The molecule has 0 fully saturated rings. The molecule has 1 heterocycles. The van der Waals surface area contributed by atoms with Gasteiger partial charge in [-0.3, -0.25) is 4.79 Å². The Labute approximate surface area is 187 Å². The number of methoxy groups -OCH3 is 1. The van der Waals surface area contributed by atoms with Gasteiger partial charge >= 0.3 is 6.01 Å². The number of hydrogen-bond acceptors (Lipinski definition) is 6. The normalized spacial score (nSPS) is 10.6. The van der Waals surface area contributed by atoms with Gasteiger partial charge in [0.2, 0.25) is 11.8 Å². The number of nitrogens with one attached hydrogen (secondary N) is 2. The van der Waals surface area contributed by atoms with Crippen molar-refractivity contribution in [2.45, 2.75) is 27.0 Å². The molecule has 0 aliphatic carbocycles. The van der Waals surface area contributed by atoms with Gasteiger partial charge in [-0.1, -0.05) is 36.4 Å². The van der Waals surface area contributed by atoms with Crippen molar-refractivity contribution in [3.63, 3.8) is 0 Å². The average molecular weight is 439 g/mol. The van der Waals surface area contributed by atoms with Gasteiger partial charge in [-0.25, -0.2) is 9.37 Å². The summed E-state index contributed by atoms with van der Waals surface area (Å²) >= 11 is 0. The molecule has 2 N–H and O–H groups in total. The Bertz CT molecular complexity index is 1060. The molecular formula is C24H27FN4O3. The van der Waals surface area contributed by atoms with Crippen LogP contribution in [0.15, 0.2) is 48.7 Å². The van der Waals surface area contributed by atoms with E-state index in [-0.39, 0.29) is 24.3 Å². The van der Waals surface area contributed by atoms with Crippen LogP contribution >= 0.6 is 0 Å². The van der Waals surface area contributed by atoms with Crippen LogP contribution in [0.4, 0.5) is 4.39 Å². The van der Waals surface area contributed by atoms with Crippen molar-refractivity contribution >= 4 is 5.91 Å². The molecule has 2 aromatic carbocycles. The molecule has 1 amide bonds. The third kappa shape index (κ3) is 6.01. The molecular weight excluding hydrogens is 411 g/mol. The minimum Gasteiger partial charge on any atom is -0.481 e. The van der Waals surface area contributed by atoms with Crippen LogP contribution in [0.5, 0.6) is 11.9 Å². The van der Waals surface area contributed by atoms with Gasteiger partial charge in [-0.05, 0) is 29.7 Å². The van der Waals surface area contributed by atoms with Crippen molar-refractivity contribution in [3.8, 4) is 23.0 Å². The lowest BCUT2D eigenvalue weighted by atomic mass is 9.96. The molecule has 168 valence electrons. The van der Waals surface area contributed by atoms with Crippen LogP contribution in [0.2, 0.25) is 0 Å². The van der Waals surface area contributed by atoms with Crippen molar-refractivity contribution in [1.29, 1.82) is 0 Å². The monoisotopic (exact) mass is 438 g/mol. The van der Waals surface area contributed by atoms with Crippen LogP contribution in [-0.4, -0.2) is 36.1 Å². The zero-order chi connectivity index (χ0) is 22.9. The smallest absolute Gasteiger partial charge is 0.320 e. The third-order valence-corrected chi connectivity index (χ3v) is 4.96. The van der Waals surface area contributed by atoms with Crippen molar-refractivity contribution < 1.29 is 18.7 Å². The van der Waals surface area contributed by atoms with Crippen LogP contribution in [0, 0.1) is 12.7 Å². The van der Waals surface area contributed by atoms with E-state index in [1.165, 1.54) is 20.1 Å². The quantitative estimate of drug-likeness (QED) is 0.472. The average Bonchev–Trinajstić information content (AvgIpc) is 2.79. The van der Waals surface area contributed by atoms with E-state index in [0.29, 0.717) is 31.1 Å². The van der Waals surface area contributed by atoms with E-state index < -0.39 is 0 Å². The van der Waals surface area contributed by atoms with E-state index in [2.05, 4.69) is 20.6 Å². The number of benzene rings is 2. The molecule has 0 atom stereocenters. The summed E-state index contributed by atoms with van der Waals surface area (Å²) < 4.78 is 25.6. The molecule has 7 nitrogen and oxygen atoms in total. The fourth-order valence-electron chi connectivity index (χ4n) is 3.26. The summed E-state index contributed by atoms with van der Waals surface area (Å²) in [6.45, 7) is 4.93. The van der Waals surface area contributed by atoms with E-state index in [0.717, 1.165) is 22.3 Å². The van der Waals surface area contributed by atoms with Crippen molar-refractivity contribution in [3.05, 3.63) is 71.2 Å². The van der Waals surface area contributed by atoms with Crippen LogP contribution in [0.1, 0.15) is 23.6 Å². The van der Waals surface area contributed by atoms with E-state index >= 15 is 0 Å². The number of nitrogens with zero attached hydrogens (tertiary/aromatic N) is 2. The number of halogens is 1. The molecule has 0 radical (unpaired) electrons. The topological polar surface area (TPSA) is 85.4 Å². The molecule has 0 aliphatic rings. The summed E-state index contributed by atoms with van der Waals surface area (Å²) in [5.74, 6) is -0.0402. The first-order valence-corrected chi connectivity index (χ1v) is 10.3. The number of hydrogen-bond donors (Lipinski definition) is 2. The van der Waals surface area contributed by atoms with Gasteiger partial charge in [-0.2, -0.15) is 4.98 Å². The van der Waals surface area contributed by atoms with E-state index in [4.69, 9.17) is 9.47 Å². The molecule has 1 aromatic heterocycles. The summed E-state index contributed by atoms with van der Waals surface area (Å²) in [6.07, 6.45) is 1.61. The second-order valence-corrected chi connectivity index (χ2v) is 7.20. The zero-order valence-electron chi connectivity index (χ0n) is 18.4. The van der Waals surface area contributed by atoms with Crippen molar-refractivity contribution in [1.82, 2.24) is 20.6 Å². The molecule has 0 bridgehead atoms. The Morgan fingerprint density at radius 3 is 2.62 bits per heavy atom. The highest BCUT2D eigenvalue weighted by Gasteiger charge is 2.14. The lowest BCUT2D eigenvalue weighted by molar-refractivity contribution is -0.118. The standard InChI is InChI=1S/C24H27FN4O3/c1-16-20(18-7-5-4-6-8-18)9-10-22(25)21(16)15-32-24-28-14-19(23(29-24)31-3)13-26-11-12-27-17(2)30/h4-10,14,26H,11-13,15H2,1-3H3,(H,27,30). The van der Waals surface area contributed by atoms with Gasteiger partial charge in [0.1, 0.15) is 12.4 Å². The number of amides is 1. The second-order valence-electron chi connectivity index (χ2n) is 7.20. The van der Waals surface area contributed by atoms with Gasteiger partial charge in [0.05, 0.1) is 7.11 Å². The van der Waals surface area contributed by atoms with Crippen LogP contribution in [0.3, 0.4) is 0 Å². The fourth-order valence-corrected chi connectivity index (χ4v) is 3.26. The number of carbonyl (C=O) groups is 1. The highest BCUT2D eigenvalue weighted by Crippen LogP contribution is 2.28. The number of carbonyl (C=O) groups excluding carboxylic acids is 1. The maximum atomic E-state index is 14.5. The van der Waals surface area contributed by atoms with Crippen LogP contribution in [0.25, 0.3) is 11.1 Å². The summed E-state index contributed by atoms with van der Waals surface area (Å²) in [5.41, 5.74) is 3.97. The van der Waals surface area contributed by atoms with E-state index in [9.17, 15) is 9.18 Å². The SMILES string of the molecule is COc1nc(OCc2c(F)ccc(-c3ccccc3)c2C)ncc1CNCCNC(C)=O. The lowest BCUT2D eigenvalue weighted by Crippen LogP contribution is -2.30. The van der Waals surface area contributed by atoms with Crippen molar-refractivity contribution in [2.24, 2.45) is 0 Å². The Hall–Kier alpha value is -3.52. The molecule has 0 saturated carbocycles. The first-order valence-electron chi connectivity index (χ1n) is 10.3. The van der Waals surface area contributed by atoms with Gasteiger partial charge in [-0.15, -0.1) is 0 Å². The number of aromatic nitrogens is 2. The fraction of sp³-hybridized carbons (Fsp3) is 0.292. The molecule has 0 saturated heterocycles.